The third-order valence-electron chi connectivity index (χ3n) is 2.40. The Kier molecular flexibility index (Phi) is 3.58. The molecule has 5 heteroatoms. The Balaban J connectivity index is 1.96. The molecule has 0 saturated carbocycles. The molecule has 0 amide bonds. The summed E-state index contributed by atoms with van der Waals surface area (Å²) >= 11 is 0. The maximum atomic E-state index is 5.64. The zero-order valence-electron chi connectivity index (χ0n) is 10.5. The van der Waals surface area contributed by atoms with E-state index in [9.17, 15) is 0 Å². The molecule has 0 unspecified atom stereocenters. The molecule has 0 saturated heterocycles. The fraction of sp³-hybridized carbons (Fsp3) is 0.500. The van der Waals surface area contributed by atoms with E-state index >= 15 is 0 Å². The average Bonchev–Trinajstić information content (AvgIpc) is 2.86. The van der Waals surface area contributed by atoms with Crippen molar-refractivity contribution in [2.24, 2.45) is 7.05 Å². The molecule has 17 heavy (non-hydrogen) atoms. The number of nitrogens with one attached hydrogen (secondary N) is 1. The quantitative estimate of drug-likeness (QED) is 0.854. The Morgan fingerprint density at radius 3 is 2.88 bits per heavy atom. The number of hydrogen-bond donors (Lipinski definition) is 1. The molecule has 0 radical (unpaired) electrons. The van der Waals surface area contributed by atoms with Gasteiger partial charge in [-0.3, -0.25) is 0 Å². The highest BCUT2D eigenvalue weighted by Gasteiger charge is 2.08. The third-order valence-corrected chi connectivity index (χ3v) is 2.40. The smallest absolute Gasteiger partial charge is 0.196 e. The minimum absolute atomic E-state index is 0.486. The third kappa shape index (κ3) is 3.17. The highest BCUT2D eigenvalue weighted by atomic mass is 16.4. The first-order chi connectivity index (χ1) is 8.15. The van der Waals surface area contributed by atoms with Crippen LogP contribution in [0.4, 0.5) is 0 Å². The summed E-state index contributed by atoms with van der Waals surface area (Å²) in [4.78, 5) is 8.46. The molecular formula is C12H18N4O. The number of nitrogens with zero attached hydrogens (tertiary/aromatic N) is 3. The summed E-state index contributed by atoms with van der Waals surface area (Å²) in [6, 6.07) is 0.486. The van der Waals surface area contributed by atoms with Crippen molar-refractivity contribution in [2.45, 2.75) is 26.3 Å². The van der Waals surface area contributed by atoms with Gasteiger partial charge in [-0.15, -0.1) is 0 Å². The van der Waals surface area contributed by atoms with Crippen molar-refractivity contribution < 1.29 is 4.42 Å². The summed E-state index contributed by atoms with van der Waals surface area (Å²) in [6.45, 7) is 5.11. The molecule has 0 aliphatic carbocycles. The van der Waals surface area contributed by atoms with E-state index in [1.807, 2.05) is 17.8 Å². The fourth-order valence-corrected chi connectivity index (χ4v) is 1.55. The van der Waals surface area contributed by atoms with Gasteiger partial charge in [-0.05, 0) is 0 Å². The van der Waals surface area contributed by atoms with Crippen LogP contribution < -0.4 is 5.32 Å². The van der Waals surface area contributed by atoms with E-state index in [2.05, 4.69) is 29.1 Å². The van der Waals surface area contributed by atoms with Crippen LogP contribution in [0.5, 0.6) is 0 Å². The summed E-state index contributed by atoms with van der Waals surface area (Å²) in [5.41, 5.74) is 0.822. The van der Waals surface area contributed by atoms with Crippen molar-refractivity contribution in [3.05, 3.63) is 24.6 Å². The van der Waals surface area contributed by atoms with Gasteiger partial charge in [-0.1, -0.05) is 13.8 Å². The second-order valence-electron chi connectivity index (χ2n) is 4.40. The van der Waals surface area contributed by atoms with E-state index in [0.717, 1.165) is 30.3 Å². The van der Waals surface area contributed by atoms with Crippen molar-refractivity contribution in [2.75, 3.05) is 6.54 Å². The Morgan fingerprint density at radius 2 is 2.24 bits per heavy atom. The van der Waals surface area contributed by atoms with E-state index in [1.54, 1.807) is 12.5 Å². The summed E-state index contributed by atoms with van der Waals surface area (Å²) in [7, 11) is 1.93. The van der Waals surface area contributed by atoms with Crippen LogP contribution in [0.1, 0.15) is 19.7 Å². The van der Waals surface area contributed by atoms with Crippen LogP contribution in [0, 0.1) is 0 Å². The van der Waals surface area contributed by atoms with Crippen molar-refractivity contribution in [1.82, 2.24) is 19.9 Å². The van der Waals surface area contributed by atoms with Crippen LogP contribution in [-0.4, -0.2) is 27.1 Å². The molecule has 2 aromatic rings. The first-order valence-electron chi connectivity index (χ1n) is 5.81. The summed E-state index contributed by atoms with van der Waals surface area (Å²) in [5, 5.41) is 3.33. The minimum Gasteiger partial charge on any atom is -0.439 e. The van der Waals surface area contributed by atoms with Crippen molar-refractivity contribution in [1.29, 1.82) is 0 Å². The lowest BCUT2D eigenvalue weighted by Gasteiger charge is -2.05. The van der Waals surface area contributed by atoms with Gasteiger partial charge in [-0.2, -0.15) is 0 Å². The number of rotatable bonds is 5. The van der Waals surface area contributed by atoms with Crippen LogP contribution in [0.3, 0.4) is 0 Å². The Morgan fingerprint density at radius 1 is 1.41 bits per heavy atom. The average molecular weight is 234 g/mol. The number of oxazole rings is 1. The minimum atomic E-state index is 0.486. The fourth-order valence-electron chi connectivity index (χ4n) is 1.55. The van der Waals surface area contributed by atoms with Gasteiger partial charge < -0.3 is 14.3 Å². The Bertz CT molecular complexity index is 472. The topological polar surface area (TPSA) is 55.9 Å². The van der Waals surface area contributed by atoms with Gasteiger partial charge in [-0.25, -0.2) is 9.97 Å². The number of aryl methyl sites for hydroxylation is 1. The second-order valence-corrected chi connectivity index (χ2v) is 4.40. The van der Waals surface area contributed by atoms with Crippen LogP contribution in [0.25, 0.3) is 11.5 Å². The predicted molar refractivity (Wildman–Crippen MR) is 65.5 cm³/mol. The van der Waals surface area contributed by atoms with E-state index in [4.69, 9.17) is 4.42 Å². The van der Waals surface area contributed by atoms with Gasteiger partial charge in [0, 0.05) is 32.3 Å². The number of aromatic nitrogens is 3. The van der Waals surface area contributed by atoms with Gasteiger partial charge in [0.1, 0.15) is 5.69 Å². The van der Waals surface area contributed by atoms with Gasteiger partial charge in [0.05, 0.1) is 12.5 Å². The normalized spacial score (nSPS) is 11.3. The first-order valence-corrected chi connectivity index (χ1v) is 5.81. The lowest BCUT2D eigenvalue weighted by Crippen LogP contribution is -2.24. The van der Waals surface area contributed by atoms with Crippen molar-refractivity contribution >= 4 is 0 Å². The van der Waals surface area contributed by atoms with Gasteiger partial charge in [0.25, 0.3) is 0 Å². The van der Waals surface area contributed by atoms with Gasteiger partial charge >= 0.3 is 0 Å². The molecule has 0 spiro atoms. The molecule has 0 atom stereocenters. The predicted octanol–water partition coefficient (Wildman–Crippen LogP) is 1.62. The molecular weight excluding hydrogens is 216 g/mol. The molecule has 2 heterocycles. The maximum absolute atomic E-state index is 5.64. The van der Waals surface area contributed by atoms with Crippen LogP contribution >= 0.6 is 0 Å². The van der Waals surface area contributed by atoms with Gasteiger partial charge in [0.2, 0.25) is 0 Å². The van der Waals surface area contributed by atoms with E-state index in [-0.39, 0.29) is 0 Å². The lowest BCUT2D eigenvalue weighted by molar-refractivity contribution is 0.484. The maximum Gasteiger partial charge on any atom is 0.196 e. The highest BCUT2D eigenvalue weighted by molar-refractivity contribution is 5.48. The summed E-state index contributed by atoms with van der Waals surface area (Å²) < 4.78 is 7.52. The Labute approximate surface area is 101 Å². The molecule has 0 aromatic carbocycles. The lowest BCUT2D eigenvalue weighted by atomic mass is 10.3. The Hall–Kier alpha value is -1.62. The van der Waals surface area contributed by atoms with Gasteiger partial charge in [0.15, 0.2) is 11.7 Å². The molecule has 2 rings (SSSR count). The molecule has 0 aliphatic heterocycles. The zero-order valence-corrected chi connectivity index (χ0v) is 10.5. The molecule has 1 N–H and O–H groups in total. The largest absolute Gasteiger partial charge is 0.439 e. The molecule has 0 fully saturated rings. The van der Waals surface area contributed by atoms with E-state index < -0.39 is 0 Å². The monoisotopic (exact) mass is 234 g/mol. The number of hydrogen-bond acceptors (Lipinski definition) is 4. The SMILES string of the molecule is CC(C)NCCc1ncc(-c2cn(C)cn2)o1. The van der Waals surface area contributed by atoms with Crippen molar-refractivity contribution in [3.63, 3.8) is 0 Å². The summed E-state index contributed by atoms with van der Waals surface area (Å²) in [5.74, 6) is 1.48. The molecule has 0 bridgehead atoms. The van der Waals surface area contributed by atoms with E-state index in [0.29, 0.717) is 6.04 Å². The molecule has 92 valence electrons. The molecule has 5 nitrogen and oxygen atoms in total. The van der Waals surface area contributed by atoms with Crippen LogP contribution in [-0.2, 0) is 13.5 Å². The first kappa shape index (κ1) is 11.9. The second kappa shape index (κ2) is 5.14. The molecule has 0 aliphatic rings. The highest BCUT2D eigenvalue weighted by Crippen LogP contribution is 2.17. The van der Waals surface area contributed by atoms with Crippen LogP contribution in [0.2, 0.25) is 0 Å². The number of imidazole rings is 1. The van der Waals surface area contributed by atoms with Crippen molar-refractivity contribution in [3.8, 4) is 11.5 Å². The van der Waals surface area contributed by atoms with Crippen LogP contribution in [0.15, 0.2) is 23.1 Å². The molecule has 2 aromatic heterocycles. The standard InChI is InChI=1S/C12H18N4O/c1-9(2)13-5-4-12-14-6-11(17-12)10-7-16(3)8-15-10/h6-9,13H,4-5H2,1-3H3. The summed E-state index contributed by atoms with van der Waals surface area (Å²) in [6.07, 6.45) is 6.19. The zero-order chi connectivity index (χ0) is 12.3. The van der Waals surface area contributed by atoms with E-state index in [1.165, 1.54) is 0 Å².